The maximum atomic E-state index is 12.5. The van der Waals surface area contributed by atoms with Crippen LogP contribution in [0.2, 0.25) is 10.0 Å². The number of nitrogens with zero attached hydrogens (tertiary/aromatic N) is 2. The minimum absolute atomic E-state index is 0.176. The number of likely N-dealkylation sites (tertiary alicyclic amines) is 1. The van der Waals surface area contributed by atoms with Gasteiger partial charge in [0.2, 0.25) is 0 Å². The zero-order chi connectivity index (χ0) is 22.3. The highest BCUT2D eigenvalue weighted by Crippen LogP contribution is 2.25. The Kier molecular flexibility index (Phi) is 8.98. The lowest BCUT2D eigenvalue weighted by molar-refractivity contribution is -0.120. The van der Waals surface area contributed by atoms with Crippen LogP contribution in [0.3, 0.4) is 0 Å². The van der Waals surface area contributed by atoms with Gasteiger partial charge in [-0.2, -0.15) is 0 Å². The van der Waals surface area contributed by atoms with E-state index in [1.54, 1.807) is 17.0 Å². The van der Waals surface area contributed by atoms with Crippen LogP contribution in [0.5, 0.6) is 0 Å². The van der Waals surface area contributed by atoms with Crippen molar-refractivity contribution >= 4 is 40.8 Å². The van der Waals surface area contributed by atoms with Crippen molar-refractivity contribution in [1.29, 1.82) is 0 Å². The number of hydrogen-bond donors (Lipinski definition) is 0. The summed E-state index contributed by atoms with van der Waals surface area (Å²) in [5.74, 6) is 0.457. The van der Waals surface area contributed by atoms with Crippen LogP contribution in [0.1, 0.15) is 58.4 Å². The van der Waals surface area contributed by atoms with Crippen LogP contribution >= 0.6 is 23.2 Å². The molecule has 1 fully saturated rings. The highest BCUT2D eigenvalue weighted by molar-refractivity contribution is 6.42. The molecule has 0 aliphatic carbocycles. The van der Waals surface area contributed by atoms with E-state index in [9.17, 15) is 9.59 Å². The van der Waals surface area contributed by atoms with Crippen LogP contribution in [0.4, 0.5) is 4.79 Å². The van der Waals surface area contributed by atoms with Crippen LogP contribution in [0.25, 0.3) is 0 Å². The number of Topliss-reactive ketones (excluding diaryl/α,β-unsaturated/α-hetero) is 1. The maximum absolute atomic E-state index is 12.5. The molecule has 0 bridgehead atoms. The second-order valence-corrected chi connectivity index (χ2v) is 9.32. The van der Waals surface area contributed by atoms with E-state index < -0.39 is 5.60 Å². The first kappa shape index (κ1) is 24.5. The molecule has 30 heavy (non-hydrogen) atoms. The van der Waals surface area contributed by atoms with E-state index >= 15 is 0 Å². The number of hydrogen-bond acceptors (Lipinski definition) is 5. The summed E-state index contributed by atoms with van der Waals surface area (Å²) in [6, 6.07) is 5.23. The van der Waals surface area contributed by atoms with E-state index in [0.717, 1.165) is 18.4 Å². The van der Waals surface area contributed by atoms with Gasteiger partial charge >= 0.3 is 6.09 Å². The molecule has 0 saturated carbocycles. The Morgan fingerprint density at radius 1 is 1.13 bits per heavy atom. The third kappa shape index (κ3) is 7.80. The van der Waals surface area contributed by atoms with Crippen molar-refractivity contribution in [3.05, 3.63) is 33.8 Å². The molecule has 0 atom stereocenters. The molecule has 0 spiro atoms. The SMILES string of the molecule is CO/N=C(/CCC(=O)CC1CCN(C(=O)OC(C)(C)C)CC1)c1ccc(Cl)c(Cl)c1. The number of rotatable bonds is 7. The number of carbonyl (C=O) groups is 2. The van der Waals surface area contributed by atoms with Gasteiger partial charge in [0.05, 0.1) is 15.8 Å². The Labute approximate surface area is 188 Å². The number of ketones is 1. The summed E-state index contributed by atoms with van der Waals surface area (Å²) in [4.78, 5) is 31.3. The largest absolute Gasteiger partial charge is 0.444 e. The summed E-state index contributed by atoms with van der Waals surface area (Å²) in [5, 5.41) is 4.94. The summed E-state index contributed by atoms with van der Waals surface area (Å²) in [7, 11) is 1.47. The van der Waals surface area contributed by atoms with Crippen LogP contribution in [0, 0.1) is 5.92 Å². The summed E-state index contributed by atoms with van der Waals surface area (Å²) in [5.41, 5.74) is 0.938. The van der Waals surface area contributed by atoms with Crippen LogP contribution in [-0.2, 0) is 14.4 Å². The molecule has 6 nitrogen and oxygen atoms in total. The molecule has 1 saturated heterocycles. The number of halogens is 2. The topological polar surface area (TPSA) is 68.2 Å². The third-order valence-corrected chi connectivity index (χ3v) is 5.62. The molecule has 1 heterocycles. The van der Waals surface area contributed by atoms with E-state index in [1.165, 1.54) is 7.11 Å². The summed E-state index contributed by atoms with van der Waals surface area (Å²) in [6.07, 6.45) is 2.65. The van der Waals surface area contributed by atoms with Gasteiger partial charge in [0.25, 0.3) is 0 Å². The molecular formula is C22H30Cl2N2O4. The van der Waals surface area contributed by atoms with Gasteiger partial charge in [0.15, 0.2) is 0 Å². The average molecular weight is 457 g/mol. The zero-order valence-corrected chi connectivity index (χ0v) is 19.6. The zero-order valence-electron chi connectivity index (χ0n) is 18.0. The Balaban J connectivity index is 1.82. The number of piperidine rings is 1. The molecule has 1 aliphatic rings. The fourth-order valence-electron chi connectivity index (χ4n) is 3.36. The Bertz CT molecular complexity index is 782. The molecule has 0 N–H and O–H groups in total. The molecule has 2 rings (SSSR count). The molecule has 1 aromatic rings. The average Bonchev–Trinajstić information content (AvgIpc) is 2.66. The van der Waals surface area contributed by atoms with E-state index in [4.69, 9.17) is 32.8 Å². The summed E-state index contributed by atoms with van der Waals surface area (Å²) < 4.78 is 5.42. The molecule has 8 heteroatoms. The van der Waals surface area contributed by atoms with Gasteiger partial charge in [-0.1, -0.05) is 34.4 Å². The monoisotopic (exact) mass is 456 g/mol. The first-order chi connectivity index (χ1) is 14.1. The minimum atomic E-state index is -0.500. The van der Waals surface area contributed by atoms with Crippen molar-refractivity contribution in [2.75, 3.05) is 20.2 Å². The number of carbonyl (C=O) groups excluding carboxylic acids is 2. The normalized spacial score (nSPS) is 15.8. The number of ether oxygens (including phenoxy) is 1. The van der Waals surface area contributed by atoms with Crippen molar-refractivity contribution in [1.82, 2.24) is 4.90 Å². The molecule has 1 aromatic carbocycles. The number of oxime groups is 1. The van der Waals surface area contributed by atoms with Gasteiger partial charge in [-0.05, 0) is 51.7 Å². The van der Waals surface area contributed by atoms with Crippen molar-refractivity contribution in [2.24, 2.45) is 11.1 Å². The second-order valence-electron chi connectivity index (χ2n) is 8.50. The quantitative estimate of drug-likeness (QED) is 0.387. The molecule has 0 unspecified atom stereocenters. The van der Waals surface area contributed by atoms with Gasteiger partial charge in [0, 0.05) is 37.9 Å². The van der Waals surface area contributed by atoms with Gasteiger partial charge < -0.3 is 14.5 Å². The Morgan fingerprint density at radius 3 is 2.37 bits per heavy atom. The first-order valence-electron chi connectivity index (χ1n) is 10.1. The van der Waals surface area contributed by atoms with Crippen molar-refractivity contribution in [2.45, 2.75) is 58.5 Å². The van der Waals surface area contributed by atoms with E-state index in [-0.39, 0.29) is 17.8 Å². The van der Waals surface area contributed by atoms with E-state index in [2.05, 4.69) is 5.16 Å². The van der Waals surface area contributed by atoms with E-state index in [0.29, 0.717) is 48.1 Å². The Morgan fingerprint density at radius 2 is 1.80 bits per heavy atom. The van der Waals surface area contributed by atoms with Gasteiger partial charge in [-0.15, -0.1) is 0 Å². The lowest BCUT2D eigenvalue weighted by Crippen LogP contribution is -2.42. The fraction of sp³-hybridized carbons (Fsp3) is 0.591. The van der Waals surface area contributed by atoms with Crippen LogP contribution in [0.15, 0.2) is 23.4 Å². The predicted octanol–water partition coefficient (Wildman–Crippen LogP) is 5.73. The van der Waals surface area contributed by atoms with Gasteiger partial charge in [-0.3, -0.25) is 4.79 Å². The second kappa shape index (κ2) is 11.0. The Hall–Kier alpha value is -1.79. The number of benzene rings is 1. The standard InChI is InChI=1S/C22H30Cl2N2O4/c1-22(2,3)30-21(28)26-11-9-15(10-12-26)13-17(27)6-8-20(25-29-4)16-5-7-18(23)19(24)14-16/h5,7,14-15H,6,8-13H2,1-4H3/b25-20-. The van der Waals surface area contributed by atoms with Crippen molar-refractivity contribution in [3.8, 4) is 0 Å². The first-order valence-corrected chi connectivity index (χ1v) is 10.9. The summed E-state index contributed by atoms with van der Waals surface area (Å²) in [6.45, 7) is 6.80. The molecule has 0 radical (unpaired) electrons. The predicted molar refractivity (Wildman–Crippen MR) is 119 cm³/mol. The minimum Gasteiger partial charge on any atom is -0.444 e. The maximum Gasteiger partial charge on any atom is 0.410 e. The highest BCUT2D eigenvalue weighted by atomic mass is 35.5. The lowest BCUT2D eigenvalue weighted by atomic mass is 9.90. The highest BCUT2D eigenvalue weighted by Gasteiger charge is 2.27. The van der Waals surface area contributed by atoms with E-state index in [1.807, 2.05) is 26.8 Å². The summed E-state index contributed by atoms with van der Waals surface area (Å²) >= 11 is 12.1. The molecule has 1 aliphatic heterocycles. The lowest BCUT2D eigenvalue weighted by Gasteiger charge is -2.33. The molecular weight excluding hydrogens is 427 g/mol. The van der Waals surface area contributed by atoms with Gasteiger partial charge in [-0.25, -0.2) is 4.79 Å². The fourth-order valence-corrected chi connectivity index (χ4v) is 3.65. The van der Waals surface area contributed by atoms with Crippen molar-refractivity contribution in [3.63, 3.8) is 0 Å². The molecule has 166 valence electrons. The van der Waals surface area contributed by atoms with Crippen LogP contribution < -0.4 is 0 Å². The third-order valence-electron chi connectivity index (χ3n) is 4.88. The van der Waals surface area contributed by atoms with Gasteiger partial charge in [0.1, 0.15) is 18.5 Å². The number of amides is 1. The smallest absolute Gasteiger partial charge is 0.410 e. The molecule has 0 aromatic heterocycles. The molecule has 1 amide bonds. The van der Waals surface area contributed by atoms with Crippen LogP contribution in [-0.4, -0.2) is 48.3 Å². The van der Waals surface area contributed by atoms with Crippen molar-refractivity contribution < 1.29 is 19.2 Å².